The lowest BCUT2D eigenvalue weighted by atomic mass is 10.1. The first-order valence-corrected chi connectivity index (χ1v) is 11.8. The van der Waals surface area contributed by atoms with Crippen LogP contribution in [-0.2, 0) is 14.8 Å². The van der Waals surface area contributed by atoms with E-state index in [4.69, 9.17) is 4.74 Å². The summed E-state index contributed by atoms with van der Waals surface area (Å²) < 4.78 is 45.5. The number of halogens is 1. The van der Waals surface area contributed by atoms with Crippen LogP contribution in [0.5, 0.6) is 5.75 Å². The van der Waals surface area contributed by atoms with Crippen LogP contribution >= 0.6 is 0 Å². The predicted molar refractivity (Wildman–Crippen MR) is 120 cm³/mol. The van der Waals surface area contributed by atoms with Gasteiger partial charge in [-0.15, -0.1) is 0 Å². The molecule has 0 bridgehead atoms. The van der Waals surface area contributed by atoms with Gasteiger partial charge in [0.25, 0.3) is 0 Å². The number of amides is 1. The fourth-order valence-electron chi connectivity index (χ4n) is 3.38. The lowest BCUT2D eigenvalue weighted by Gasteiger charge is -2.30. The molecule has 0 spiro atoms. The van der Waals surface area contributed by atoms with E-state index in [0.717, 1.165) is 27.4 Å². The van der Waals surface area contributed by atoms with Crippen molar-refractivity contribution in [3.63, 3.8) is 0 Å². The van der Waals surface area contributed by atoms with Crippen LogP contribution in [-0.4, -0.2) is 39.8 Å². The molecule has 0 radical (unpaired) electrons. The molecular weight excluding hydrogens is 419 g/mol. The maximum Gasteiger partial charge on any atom is 0.244 e. The number of rotatable bonds is 9. The van der Waals surface area contributed by atoms with Crippen molar-refractivity contribution in [3.05, 3.63) is 72.5 Å². The highest BCUT2D eigenvalue weighted by atomic mass is 32.2. The third-order valence-corrected chi connectivity index (χ3v) is 5.98. The minimum absolute atomic E-state index is 0.153. The Morgan fingerprint density at radius 1 is 1.06 bits per heavy atom. The topological polar surface area (TPSA) is 75.7 Å². The Balaban J connectivity index is 1.64. The summed E-state index contributed by atoms with van der Waals surface area (Å²) in [5, 5.41) is 4.84. The second kappa shape index (κ2) is 9.78. The molecule has 1 N–H and O–H groups in total. The van der Waals surface area contributed by atoms with Gasteiger partial charge in [0.2, 0.25) is 15.9 Å². The number of sulfonamides is 1. The molecule has 0 heterocycles. The normalized spacial score (nSPS) is 12.4. The quantitative estimate of drug-likeness (QED) is 0.511. The molecule has 0 aromatic heterocycles. The van der Waals surface area contributed by atoms with Gasteiger partial charge >= 0.3 is 0 Å². The average molecular weight is 445 g/mol. The van der Waals surface area contributed by atoms with Crippen LogP contribution in [0.1, 0.15) is 13.3 Å². The molecule has 3 aromatic rings. The largest absolute Gasteiger partial charge is 0.492 e. The number of anilines is 1. The van der Waals surface area contributed by atoms with Gasteiger partial charge in [0.15, 0.2) is 0 Å². The molecule has 0 saturated carbocycles. The van der Waals surface area contributed by atoms with Crippen molar-refractivity contribution in [2.45, 2.75) is 19.4 Å². The molecule has 0 fully saturated rings. The van der Waals surface area contributed by atoms with Crippen molar-refractivity contribution >= 4 is 32.4 Å². The molecule has 6 nitrogen and oxygen atoms in total. The minimum Gasteiger partial charge on any atom is -0.492 e. The number of hydrogen-bond acceptors (Lipinski definition) is 4. The van der Waals surface area contributed by atoms with Gasteiger partial charge in [-0.2, -0.15) is 0 Å². The second-order valence-corrected chi connectivity index (χ2v) is 8.94. The Labute approximate surface area is 181 Å². The number of hydrogen-bond donors (Lipinski definition) is 1. The minimum atomic E-state index is -3.89. The molecule has 164 valence electrons. The van der Waals surface area contributed by atoms with Crippen LogP contribution in [0, 0.1) is 5.82 Å². The van der Waals surface area contributed by atoms with Gasteiger partial charge in [-0.1, -0.05) is 49.4 Å². The number of carbonyl (C=O) groups is 1. The predicted octanol–water partition coefficient (Wildman–Crippen LogP) is 3.72. The molecule has 0 aliphatic heterocycles. The number of nitrogens with one attached hydrogen (secondary N) is 1. The molecule has 1 unspecified atom stereocenters. The lowest BCUT2D eigenvalue weighted by Crippen LogP contribution is -2.50. The van der Waals surface area contributed by atoms with Crippen molar-refractivity contribution < 1.29 is 22.3 Å². The van der Waals surface area contributed by atoms with Gasteiger partial charge < -0.3 is 10.1 Å². The summed E-state index contributed by atoms with van der Waals surface area (Å²) in [6, 6.07) is 18.0. The van der Waals surface area contributed by atoms with Gasteiger partial charge in [0.1, 0.15) is 24.2 Å². The van der Waals surface area contributed by atoms with Crippen molar-refractivity contribution in [1.29, 1.82) is 0 Å². The van der Waals surface area contributed by atoms with Crippen molar-refractivity contribution in [2.24, 2.45) is 0 Å². The summed E-state index contributed by atoms with van der Waals surface area (Å²) in [6.07, 6.45) is 1.14. The van der Waals surface area contributed by atoms with Crippen molar-refractivity contribution in [3.8, 4) is 5.75 Å². The smallest absolute Gasteiger partial charge is 0.244 e. The average Bonchev–Trinajstić information content (AvgIpc) is 2.74. The summed E-state index contributed by atoms with van der Waals surface area (Å²) in [7, 11) is -3.89. The third-order valence-electron chi connectivity index (χ3n) is 4.81. The van der Waals surface area contributed by atoms with E-state index in [2.05, 4.69) is 5.32 Å². The van der Waals surface area contributed by atoms with Crippen molar-refractivity contribution in [1.82, 2.24) is 5.32 Å². The van der Waals surface area contributed by atoms with E-state index < -0.39 is 27.8 Å². The Morgan fingerprint density at radius 2 is 1.74 bits per heavy atom. The highest BCUT2D eigenvalue weighted by molar-refractivity contribution is 7.92. The number of benzene rings is 3. The summed E-state index contributed by atoms with van der Waals surface area (Å²) in [6.45, 7) is 2.06. The molecular formula is C23H25FN2O4S. The van der Waals surface area contributed by atoms with E-state index in [1.807, 2.05) is 42.5 Å². The first kappa shape index (κ1) is 22.6. The fraction of sp³-hybridized carbons (Fsp3) is 0.261. The third kappa shape index (κ3) is 5.52. The van der Waals surface area contributed by atoms with Crippen molar-refractivity contribution in [2.75, 3.05) is 23.7 Å². The molecule has 0 aliphatic rings. The van der Waals surface area contributed by atoms with Gasteiger partial charge in [-0.3, -0.25) is 9.10 Å². The zero-order chi connectivity index (χ0) is 22.4. The maximum absolute atomic E-state index is 14.3. The van der Waals surface area contributed by atoms with E-state index in [1.165, 1.54) is 18.2 Å². The summed E-state index contributed by atoms with van der Waals surface area (Å²) in [5.41, 5.74) is -0.153. The van der Waals surface area contributed by atoms with Crippen LogP contribution in [0.15, 0.2) is 66.7 Å². The number of carbonyl (C=O) groups excluding carboxylic acids is 1. The van der Waals surface area contributed by atoms with E-state index >= 15 is 0 Å². The van der Waals surface area contributed by atoms with Gasteiger partial charge in [0, 0.05) is 0 Å². The van der Waals surface area contributed by atoms with Gasteiger partial charge in [0.05, 0.1) is 18.5 Å². The van der Waals surface area contributed by atoms with E-state index in [0.29, 0.717) is 5.75 Å². The molecule has 3 rings (SSSR count). The Morgan fingerprint density at radius 3 is 2.42 bits per heavy atom. The molecule has 31 heavy (non-hydrogen) atoms. The summed E-state index contributed by atoms with van der Waals surface area (Å²) >= 11 is 0. The van der Waals surface area contributed by atoms with Gasteiger partial charge in [-0.05, 0) is 41.5 Å². The van der Waals surface area contributed by atoms with Crippen LogP contribution in [0.2, 0.25) is 0 Å². The fourth-order valence-corrected chi connectivity index (χ4v) is 4.60. The highest BCUT2D eigenvalue weighted by Gasteiger charge is 2.32. The first-order valence-electron chi connectivity index (χ1n) is 9.94. The van der Waals surface area contributed by atoms with Crippen LogP contribution in [0.25, 0.3) is 10.8 Å². The van der Waals surface area contributed by atoms with Gasteiger partial charge in [-0.25, -0.2) is 12.8 Å². The molecule has 0 aliphatic carbocycles. The zero-order valence-corrected chi connectivity index (χ0v) is 18.2. The lowest BCUT2D eigenvalue weighted by molar-refractivity contribution is -0.122. The Kier molecular flexibility index (Phi) is 7.12. The van der Waals surface area contributed by atoms with Crippen LogP contribution in [0.3, 0.4) is 0 Å². The number of para-hydroxylation sites is 1. The maximum atomic E-state index is 14.3. The molecule has 0 saturated heterocycles. The van der Waals surface area contributed by atoms with E-state index in [-0.39, 0.29) is 25.3 Å². The monoisotopic (exact) mass is 444 g/mol. The Hall–Kier alpha value is -3.13. The SMILES string of the molecule is CCC(C(=O)NCCOc1ccc2ccccc2c1)N(c1ccccc1F)S(C)(=O)=O. The molecule has 8 heteroatoms. The summed E-state index contributed by atoms with van der Waals surface area (Å²) in [5.74, 6) is -0.554. The van der Waals surface area contributed by atoms with E-state index in [9.17, 15) is 17.6 Å². The number of fused-ring (bicyclic) bond motifs is 1. The Bertz CT molecular complexity index is 1170. The number of ether oxygens (including phenoxy) is 1. The number of nitrogens with zero attached hydrogens (tertiary/aromatic N) is 1. The zero-order valence-electron chi connectivity index (χ0n) is 17.4. The standard InChI is InChI=1S/C23H25FN2O4S/c1-3-21(26(31(2,28)29)22-11-7-6-10-20(22)24)23(27)25-14-15-30-19-13-12-17-8-4-5-9-18(17)16-19/h4-13,16,21H,3,14-15H2,1-2H3,(H,25,27). The molecule has 1 atom stereocenters. The first-order chi connectivity index (χ1) is 14.8. The van der Waals surface area contributed by atoms with Crippen LogP contribution < -0.4 is 14.4 Å². The molecule has 1 amide bonds. The molecule has 3 aromatic carbocycles. The van der Waals surface area contributed by atoms with E-state index in [1.54, 1.807) is 6.92 Å². The summed E-state index contributed by atoms with van der Waals surface area (Å²) in [4.78, 5) is 12.7. The highest BCUT2D eigenvalue weighted by Crippen LogP contribution is 2.25. The van der Waals surface area contributed by atoms with Crippen LogP contribution in [0.4, 0.5) is 10.1 Å². The second-order valence-electron chi connectivity index (χ2n) is 7.08.